The number of carbonyl (C=O) groups excluding carboxylic acids is 2. The van der Waals surface area contributed by atoms with Crippen molar-refractivity contribution in [3.05, 3.63) is 35.4 Å². The van der Waals surface area contributed by atoms with Gasteiger partial charge in [-0.05, 0) is 23.6 Å². The van der Waals surface area contributed by atoms with Crippen molar-refractivity contribution in [1.82, 2.24) is 0 Å². The van der Waals surface area contributed by atoms with Gasteiger partial charge in [0, 0.05) is 0 Å². The molecule has 0 aliphatic carbocycles. The van der Waals surface area contributed by atoms with Gasteiger partial charge >= 0.3 is 29.1 Å². The Kier molecular flexibility index (Phi) is 8.33. The lowest BCUT2D eigenvalue weighted by molar-refractivity contribution is -0.0519. The highest BCUT2D eigenvalue weighted by atomic mass is 32.2. The molecule has 7 rings (SSSR count). The molecule has 0 N–H and O–H groups in total. The van der Waals surface area contributed by atoms with Crippen LogP contribution in [0.5, 0.6) is 0 Å². The first-order chi connectivity index (χ1) is 19.5. The number of hydrogen-bond donors (Lipinski definition) is 0. The van der Waals surface area contributed by atoms with E-state index in [1.54, 1.807) is 24.3 Å². The van der Waals surface area contributed by atoms with Crippen molar-refractivity contribution >= 4 is 52.7 Å². The summed E-state index contributed by atoms with van der Waals surface area (Å²) in [5.74, 6) is 0.164. The second kappa shape index (κ2) is 11.8. The molecule has 1 aromatic carbocycles. The molecule has 12 atom stereocenters. The highest BCUT2D eigenvalue weighted by Gasteiger charge is 2.60. The van der Waals surface area contributed by atoms with Crippen molar-refractivity contribution in [3.63, 3.8) is 0 Å². The minimum atomic E-state index is -1.50. The zero-order valence-electron chi connectivity index (χ0n) is 21.5. The Hall–Kier alpha value is -0.600. The Bertz CT molecular complexity index is 1050. The van der Waals surface area contributed by atoms with E-state index < -0.39 is 76.6 Å². The maximum Gasteiger partial charge on any atom is 0.339 e. The largest absolute Gasteiger partial charge is 0.452 e. The summed E-state index contributed by atoms with van der Waals surface area (Å²) in [5.41, 5.74) is -0.702. The monoisotopic (exact) mass is 634 g/mol. The zero-order chi connectivity index (χ0) is 27.4. The lowest BCUT2D eigenvalue weighted by Gasteiger charge is -2.30. The van der Waals surface area contributed by atoms with Gasteiger partial charge in [-0.25, -0.2) is 9.59 Å². The fourth-order valence-electron chi connectivity index (χ4n) is 5.43. The SMILES string of the molecule is CCS[C@H]1O[C@H]2[C@H](OP3OC[C@H]2O3)[C@H]1OC(=O)c1ccccc1C(=O)O[C@@H]1[C@H]2OP3OC[C@@H](O3)[C@H]2O[C@@H]1SCC. The maximum absolute atomic E-state index is 13.6. The number of rotatable bonds is 8. The van der Waals surface area contributed by atoms with Crippen LogP contribution in [0.2, 0.25) is 0 Å². The molecule has 6 fully saturated rings. The fraction of sp³-hybridized carbons (Fsp3) is 0.667. The molecule has 0 radical (unpaired) electrons. The van der Waals surface area contributed by atoms with Crippen molar-refractivity contribution in [3.8, 4) is 0 Å². The van der Waals surface area contributed by atoms with Crippen molar-refractivity contribution in [2.45, 2.75) is 73.6 Å². The summed E-state index contributed by atoms with van der Waals surface area (Å²) in [4.78, 5) is 27.1. The number of hydrogen-bond acceptors (Lipinski definition) is 14. The van der Waals surface area contributed by atoms with Gasteiger partial charge in [-0.15, -0.1) is 23.5 Å². The third kappa shape index (κ3) is 5.12. The topological polar surface area (TPSA) is 126 Å². The summed E-state index contributed by atoms with van der Waals surface area (Å²) in [6.45, 7) is 4.75. The molecule has 40 heavy (non-hydrogen) atoms. The zero-order valence-corrected chi connectivity index (χ0v) is 24.9. The molecule has 6 heterocycles. The molecule has 218 valence electrons. The first-order valence-corrected chi connectivity index (χ1v) is 17.4. The number of carbonyl (C=O) groups is 2. The second-order valence-corrected chi connectivity index (χ2v) is 14.6. The lowest BCUT2D eigenvalue weighted by Crippen LogP contribution is -2.44. The van der Waals surface area contributed by atoms with Crippen molar-refractivity contribution in [2.24, 2.45) is 0 Å². The van der Waals surface area contributed by atoms with E-state index in [4.69, 9.17) is 46.1 Å². The van der Waals surface area contributed by atoms with Gasteiger partial charge in [-0.2, -0.15) is 0 Å². The molecule has 16 heteroatoms. The molecule has 12 nitrogen and oxygen atoms in total. The molecular formula is C24H28O12P2S2. The standard InChI is InChI=1S/C24H28O12P2S2/c1-3-39-23-19(17-15(31-23)13-9-27-37(33-13)35-17)29-21(25)11-7-5-6-8-12(11)22(26)30-20-18-16(32-24(20)40-4-2)14-10-28-38(34-14)36-18/h5-8,13-20,23-24H,3-4,9-10H2,1-2H3/t13-,14-,15-,16-,17+,18+,19-,20-,23-,24-,37?,38?/m1/s1. The van der Waals surface area contributed by atoms with E-state index in [1.165, 1.54) is 23.5 Å². The third-order valence-electron chi connectivity index (χ3n) is 7.21. The van der Waals surface area contributed by atoms with E-state index in [9.17, 15) is 9.59 Å². The maximum atomic E-state index is 13.6. The first-order valence-electron chi connectivity index (χ1n) is 13.1. The first kappa shape index (κ1) is 28.2. The minimum absolute atomic E-state index is 0.0871. The number of benzene rings is 1. The van der Waals surface area contributed by atoms with Gasteiger partial charge in [0.05, 0.1) is 24.3 Å². The molecule has 0 amide bonds. The van der Waals surface area contributed by atoms with Crippen LogP contribution >= 0.6 is 40.7 Å². The molecule has 0 aromatic heterocycles. The average Bonchev–Trinajstić information content (AvgIpc) is 3.72. The normalized spacial score (nSPS) is 42.9. The lowest BCUT2D eigenvalue weighted by atomic mass is 10.1. The van der Waals surface area contributed by atoms with Crippen molar-refractivity contribution in [2.75, 3.05) is 24.7 Å². The van der Waals surface area contributed by atoms with E-state index in [1.807, 2.05) is 13.8 Å². The highest BCUT2D eigenvalue weighted by Crippen LogP contribution is 2.58. The second-order valence-electron chi connectivity index (χ2n) is 9.60. The summed E-state index contributed by atoms with van der Waals surface area (Å²) in [6.07, 6.45) is -3.81. The van der Waals surface area contributed by atoms with Gasteiger partial charge in [-0.1, -0.05) is 26.0 Å². The fourth-order valence-corrected chi connectivity index (χ4v) is 9.86. The summed E-state index contributed by atoms with van der Waals surface area (Å²) in [7, 11) is -3.00. The average molecular weight is 635 g/mol. The van der Waals surface area contributed by atoms with Gasteiger partial charge in [-0.3, -0.25) is 0 Å². The van der Waals surface area contributed by atoms with E-state index in [2.05, 4.69) is 0 Å². The molecular weight excluding hydrogens is 606 g/mol. The van der Waals surface area contributed by atoms with Crippen LogP contribution in [0.1, 0.15) is 34.6 Å². The van der Waals surface area contributed by atoms with Crippen LogP contribution in [0.3, 0.4) is 0 Å². The molecule has 2 unspecified atom stereocenters. The van der Waals surface area contributed by atoms with Crippen LogP contribution in [0.25, 0.3) is 0 Å². The molecule has 6 saturated heterocycles. The van der Waals surface area contributed by atoms with Crippen LogP contribution in [-0.4, -0.2) is 96.4 Å². The Morgan fingerprint density at radius 1 is 0.750 bits per heavy atom. The Labute approximate surface area is 241 Å². The van der Waals surface area contributed by atoms with Crippen LogP contribution in [0, 0.1) is 0 Å². The Balaban J connectivity index is 1.09. The molecule has 1 aromatic rings. The van der Waals surface area contributed by atoms with Gasteiger partial charge in [0.2, 0.25) is 0 Å². The van der Waals surface area contributed by atoms with E-state index in [-0.39, 0.29) is 23.3 Å². The summed E-state index contributed by atoms with van der Waals surface area (Å²) < 4.78 is 58.8. The summed E-state index contributed by atoms with van der Waals surface area (Å²) in [6, 6.07) is 6.44. The van der Waals surface area contributed by atoms with Crippen LogP contribution in [-0.2, 0) is 46.1 Å². The van der Waals surface area contributed by atoms with Crippen molar-refractivity contribution in [1.29, 1.82) is 0 Å². The van der Waals surface area contributed by atoms with E-state index >= 15 is 0 Å². The van der Waals surface area contributed by atoms with Gasteiger partial charge < -0.3 is 46.1 Å². The quantitative estimate of drug-likeness (QED) is 0.304. The number of esters is 2. The van der Waals surface area contributed by atoms with Crippen LogP contribution in [0.4, 0.5) is 0 Å². The molecule has 4 bridgehead atoms. The molecule has 0 saturated carbocycles. The smallest absolute Gasteiger partial charge is 0.339 e. The highest BCUT2D eigenvalue weighted by molar-refractivity contribution is 8.00. The molecule has 6 aliphatic rings. The predicted molar refractivity (Wildman–Crippen MR) is 144 cm³/mol. The third-order valence-corrected chi connectivity index (χ3v) is 11.7. The summed E-state index contributed by atoms with van der Waals surface area (Å²) >= 11 is 3.04. The Morgan fingerprint density at radius 3 is 1.62 bits per heavy atom. The predicted octanol–water partition coefficient (Wildman–Crippen LogP) is 3.78. The molecule has 0 spiro atoms. The van der Waals surface area contributed by atoms with Crippen LogP contribution < -0.4 is 0 Å². The van der Waals surface area contributed by atoms with E-state index in [0.717, 1.165) is 11.5 Å². The number of thioether (sulfide) groups is 2. The van der Waals surface area contributed by atoms with Gasteiger partial charge in [0.1, 0.15) is 47.5 Å². The van der Waals surface area contributed by atoms with E-state index in [0.29, 0.717) is 13.2 Å². The summed E-state index contributed by atoms with van der Waals surface area (Å²) in [5, 5.41) is 0. The van der Waals surface area contributed by atoms with Gasteiger partial charge in [0.15, 0.2) is 12.2 Å². The number of fused-ring (bicyclic) bond motifs is 8. The molecule has 6 aliphatic heterocycles. The van der Waals surface area contributed by atoms with Gasteiger partial charge in [0.25, 0.3) is 0 Å². The Morgan fingerprint density at radius 2 is 1.20 bits per heavy atom. The van der Waals surface area contributed by atoms with Crippen LogP contribution in [0.15, 0.2) is 24.3 Å². The minimum Gasteiger partial charge on any atom is -0.452 e. The number of ether oxygens (including phenoxy) is 4. The van der Waals surface area contributed by atoms with Crippen molar-refractivity contribution < 1.29 is 55.7 Å².